The van der Waals surface area contributed by atoms with E-state index < -0.39 is 0 Å². The van der Waals surface area contributed by atoms with Gasteiger partial charge in [-0.15, -0.1) is 0 Å². The lowest BCUT2D eigenvalue weighted by Crippen LogP contribution is -2.40. The Balaban J connectivity index is 1.30. The lowest BCUT2D eigenvalue weighted by molar-refractivity contribution is -0.121. The summed E-state index contributed by atoms with van der Waals surface area (Å²) < 4.78 is 15.3. The zero-order valence-corrected chi connectivity index (χ0v) is 17.7. The number of carbonyl (C=O) groups excluding carboxylic acids is 1. The number of para-hydroxylation sites is 2. The molecule has 1 aliphatic rings. The zero-order chi connectivity index (χ0) is 21.8. The van der Waals surface area contributed by atoms with Crippen molar-refractivity contribution in [2.75, 3.05) is 19.6 Å². The van der Waals surface area contributed by atoms with Gasteiger partial charge in [0, 0.05) is 18.7 Å². The molecule has 162 valence electrons. The summed E-state index contributed by atoms with van der Waals surface area (Å²) in [5.74, 6) is 0.0473. The molecule has 0 bridgehead atoms. The second-order valence-corrected chi connectivity index (χ2v) is 8.19. The number of carbonyl (C=O) groups is 1. The Kier molecular flexibility index (Phi) is 6.42. The third-order valence-corrected chi connectivity index (χ3v) is 5.96. The van der Waals surface area contributed by atoms with Crippen molar-refractivity contribution in [3.8, 4) is 0 Å². The van der Waals surface area contributed by atoms with Crippen LogP contribution in [0.2, 0.25) is 0 Å². The average Bonchev–Trinajstić information content (AvgIpc) is 2.78. The second kappa shape index (κ2) is 9.39. The van der Waals surface area contributed by atoms with Crippen LogP contribution < -0.4 is 10.9 Å². The Labute approximate surface area is 180 Å². The number of halogens is 1. The van der Waals surface area contributed by atoms with E-state index in [1.807, 2.05) is 36.4 Å². The highest BCUT2D eigenvalue weighted by Crippen LogP contribution is 2.19. The molecule has 1 amide bonds. The molecule has 3 aromatic rings. The average molecular weight is 423 g/mol. The van der Waals surface area contributed by atoms with Crippen molar-refractivity contribution in [3.63, 3.8) is 0 Å². The predicted molar refractivity (Wildman–Crippen MR) is 118 cm³/mol. The SMILES string of the molecule is Cc1nc2ccccc2n(CC(=O)NCC2CCN(Cc3ccccc3F)CC2)c1=O. The molecule has 1 aromatic heterocycles. The van der Waals surface area contributed by atoms with Gasteiger partial charge in [0.1, 0.15) is 18.1 Å². The summed E-state index contributed by atoms with van der Waals surface area (Å²) in [5.41, 5.74) is 2.23. The first-order chi connectivity index (χ1) is 15.0. The van der Waals surface area contributed by atoms with E-state index in [9.17, 15) is 14.0 Å². The van der Waals surface area contributed by atoms with Gasteiger partial charge in [-0.25, -0.2) is 9.37 Å². The van der Waals surface area contributed by atoms with E-state index >= 15 is 0 Å². The maximum absolute atomic E-state index is 13.9. The lowest BCUT2D eigenvalue weighted by Gasteiger charge is -2.32. The van der Waals surface area contributed by atoms with Gasteiger partial charge in [0.15, 0.2) is 0 Å². The molecule has 0 spiro atoms. The first kappa shape index (κ1) is 21.2. The largest absolute Gasteiger partial charge is 0.354 e. The van der Waals surface area contributed by atoms with Crippen molar-refractivity contribution in [1.82, 2.24) is 19.8 Å². The van der Waals surface area contributed by atoms with E-state index in [0.29, 0.717) is 35.7 Å². The van der Waals surface area contributed by atoms with Crippen LogP contribution in [-0.4, -0.2) is 40.0 Å². The first-order valence-electron chi connectivity index (χ1n) is 10.7. The number of amides is 1. The molecule has 2 aromatic carbocycles. The summed E-state index contributed by atoms with van der Waals surface area (Å²) in [5, 5.41) is 2.99. The Morgan fingerprint density at radius 1 is 1.13 bits per heavy atom. The van der Waals surface area contributed by atoms with Gasteiger partial charge < -0.3 is 5.32 Å². The van der Waals surface area contributed by atoms with Crippen LogP contribution in [-0.2, 0) is 17.9 Å². The standard InChI is InChI=1S/C24H27FN4O2/c1-17-24(31)29(22-9-5-4-8-21(22)27-17)16-23(30)26-14-18-10-12-28(13-11-18)15-19-6-2-3-7-20(19)25/h2-9,18H,10-16H2,1H3,(H,26,30). The van der Waals surface area contributed by atoms with Gasteiger partial charge in [-0.05, 0) is 57.0 Å². The normalized spacial score (nSPS) is 15.3. The Bertz CT molecular complexity index is 1140. The predicted octanol–water partition coefficient (Wildman–Crippen LogP) is 2.87. The van der Waals surface area contributed by atoms with Crippen LogP contribution in [0.15, 0.2) is 53.3 Å². The number of fused-ring (bicyclic) bond motifs is 1. The topological polar surface area (TPSA) is 67.2 Å². The van der Waals surface area contributed by atoms with Crippen molar-refractivity contribution in [3.05, 3.63) is 76.0 Å². The monoisotopic (exact) mass is 422 g/mol. The molecule has 1 aliphatic heterocycles. The molecule has 2 heterocycles. The van der Waals surface area contributed by atoms with Crippen LogP contribution >= 0.6 is 0 Å². The Morgan fingerprint density at radius 3 is 2.61 bits per heavy atom. The number of likely N-dealkylation sites (tertiary alicyclic amines) is 1. The minimum absolute atomic E-state index is 0.0190. The molecule has 1 fully saturated rings. The molecule has 4 rings (SSSR count). The minimum Gasteiger partial charge on any atom is -0.354 e. The first-order valence-corrected chi connectivity index (χ1v) is 10.7. The number of hydrogen-bond acceptors (Lipinski definition) is 4. The van der Waals surface area contributed by atoms with Crippen molar-refractivity contribution < 1.29 is 9.18 Å². The van der Waals surface area contributed by atoms with E-state index in [2.05, 4.69) is 15.2 Å². The number of aromatic nitrogens is 2. The van der Waals surface area contributed by atoms with Crippen molar-refractivity contribution in [1.29, 1.82) is 0 Å². The van der Waals surface area contributed by atoms with E-state index in [1.54, 1.807) is 13.0 Å². The van der Waals surface area contributed by atoms with Gasteiger partial charge in [0.2, 0.25) is 5.91 Å². The molecule has 7 heteroatoms. The minimum atomic E-state index is -0.240. The Hall–Kier alpha value is -3.06. The van der Waals surface area contributed by atoms with Crippen LogP contribution in [0, 0.1) is 18.7 Å². The quantitative estimate of drug-likeness (QED) is 0.663. The van der Waals surface area contributed by atoms with Crippen LogP contribution in [0.3, 0.4) is 0 Å². The number of aryl methyl sites for hydroxylation is 1. The van der Waals surface area contributed by atoms with Crippen molar-refractivity contribution >= 4 is 16.9 Å². The van der Waals surface area contributed by atoms with Crippen molar-refractivity contribution in [2.24, 2.45) is 5.92 Å². The highest BCUT2D eigenvalue weighted by molar-refractivity contribution is 5.80. The summed E-state index contributed by atoms with van der Waals surface area (Å²) in [4.78, 5) is 31.6. The van der Waals surface area contributed by atoms with E-state index in [4.69, 9.17) is 0 Å². The number of hydrogen-bond donors (Lipinski definition) is 1. The third kappa shape index (κ3) is 4.99. The molecule has 0 unspecified atom stereocenters. The van der Waals surface area contributed by atoms with Crippen molar-refractivity contribution in [2.45, 2.75) is 32.9 Å². The fraction of sp³-hybridized carbons (Fsp3) is 0.375. The maximum Gasteiger partial charge on any atom is 0.272 e. The van der Waals surface area contributed by atoms with Gasteiger partial charge in [-0.3, -0.25) is 19.1 Å². The fourth-order valence-electron chi connectivity index (χ4n) is 4.15. The van der Waals surface area contributed by atoms with Gasteiger partial charge in [-0.2, -0.15) is 0 Å². The summed E-state index contributed by atoms with van der Waals surface area (Å²) >= 11 is 0. The molecule has 6 nitrogen and oxygen atoms in total. The summed E-state index contributed by atoms with van der Waals surface area (Å²) in [6.45, 7) is 4.60. The van der Waals surface area contributed by atoms with Crippen LogP contribution in [0.25, 0.3) is 11.0 Å². The third-order valence-electron chi connectivity index (χ3n) is 5.96. The number of nitrogens with zero attached hydrogens (tertiary/aromatic N) is 3. The number of benzene rings is 2. The highest BCUT2D eigenvalue weighted by atomic mass is 19.1. The second-order valence-electron chi connectivity index (χ2n) is 8.19. The van der Waals surface area contributed by atoms with Gasteiger partial charge in [0.25, 0.3) is 5.56 Å². The van der Waals surface area contributed by atoms with E-state index in [1.165, 1.54) is 10.6 Å². The molecule has 0 aliphatic carbocycles. The lowest BCUT2D eigenvalue weighted by atomic mass is 9.96. The molecule has 31 heavy (non-hydrogen) atoms. The van der Waals surface area contributed by atoms with Gasteiger partial charge >= 0.3 is 0 Å². The summed E-state index contributed by atoms with van der Waals surface area (Å²) in [6, 6.07) is 14.2. The molecule has 0 saturated carbocycles. The summed E-state index contributed by atoms with van der Waals surface area (Å²) in [7, 11) is 0. The number of rotatable bonds is 6. The van der Waals surface area contributed by atoms with Gasteiger partial charge in [0.05, 0.1) is 11.0 Å². The molecule has 0 radical (unpaired) electrons. The summed E-state index contributed by atoms with van der Waals surface area (Å²) in [6.07, 6.45) is 1.90. The smallest absolute Gasteiger partial charge is 0.272 e. The van der Waals surface area contributed by atoms with Gasteiger partial charge in [-0.1, -0.05) is 30.3 Å². The highest BCUT2D eigenvalue weighted by Gasteiger charge is 2.21. The van der Waals surface area contributed by atoms with Crippen LogP contribution in [0.4, 0.5) is 4.39 Å². The number of piperidine rings is 1. The van der Waals surface area contributed by atoms with Crippen LogP contribution in [0.5, 0.6) is 0 Å². The molecular weight excluding hydrogens is 395 g/mol. The molecule has 0 atom stereocenters. The zero-order valence-electron chi connectivity index (χ0n) is 17.7. The Morgan fingerprint density at radius 2 is 1.84 bits per heavy atom. The van der Waals surface area contributed by atoms with Crippen LogP contribution in [0.1, 0.15) is 24.1 Å². The van der Waals surface area contributed by atoms with E-state index in [-0.39, 0.29) is 23.8 Å². The fourth-order valence-corrected chi connectivity index (χ4v) is 4.15. The molecular formula is C24H27FN4O2. The maximum atomic E-state index is 13.9. The molecule has 1 N–H and O–H groups in total. The number of nitrogens with one attached hydrogen (secondary N) is 1. The van der Waals surface area contributed by atoms with E-state index in [0.717, 1.165) is 31.5 Å². The molecule has 1 saturated heterocycles.